The Morgan fingerprint density at radius 2 is 1.76 bits per heavy atom. The van der Waals surface area contributed by atoms with Gasteiger partial charge in [0.2, 0.25) is 5.91 Å². The van der Waals surface area contributed by atoms with Crippen molar-refractivity contribution in [2.75, 3.05) is 12.4 Å². The first-order chi connectivity index (χ1) is 18.0. The zero-order valence-corrected chi connectivity index (χ0v) is 20.9. The lowest BCUT2D eigenvalue weighted by molar-refractivity contribution is -0.117. The van der Waals surface area contributed by atoms with Gasteiger partial charge in [-0.05, 0) is 89.3 Å². The lowest BCUT2D eigenvalue weighted by Crippen LogP contribution is -2.23. The SMILES string of the molecule is COc1cccc(CC(C(=O)Nc2ccc(Cl)cc2)c2ccc(-c3ccnc4ccc(F)cc34)cc2)c1. The predicted octanol–water partition coefficient (Wildman–Crippen LogP) is 7.67. The van der Waals surface area contributed by atoms with Crippen LogP contribution >= 0.6 is 11.6 Å². The predicted molar refractivity (Wildman–Crippen MR) is 147 cm³/mol. The molecule has 5 rings (SSSR count). The van der Waals surface area contributed by atoms with E-state index >= 15 is 0 Å². The Morgan fingerprint density at radius 3 is 2.51 bits per heavy atom. The number of halogens is 2. The minimum atomic E-state index is -0.455. The van der Waals surface area contributed by atoms with E-state index in [-0.39, 0.29) is 11.7 Å². The molecule has 0 radical (unpaired) electrons. The van der Waals surface area contributed by atoms with Crippen LogP contribution in [0.4, 0.5) is 10.1 Å². The molecule has 0 aliphatic heterocycles. The summed E-state index contributed by atoms with van der Waals surface area (Å²) in [5.41, 5.74) is 5.04. The maximum absolute atomic E-state index is 14.0. The van der Waals surface area contributed by atoms with E-state index in [0.717, 1.165) is 38.9 Å². The highest BCUT2D eigenvalue weighted by Crippen LogP contribution is 2.31. The number of aromatic nitrogens is 1. The largest absolute Gasteiger partial charge is 0.497 e. The molecule has 1 amide bonds. The van der Waals surface area contributed by atoms with Crippen molar-refractivity contribution in [2.24, 2.45) is 0 Å². The summed E-state index contributed by atoms with van der Waals surface area (Å²) in [6, 6.07) is 29.0. The highest BCUT2D eigenvalue weighted by molar-refractivity contribution is 6.30. The van der Waals surface area contributed by atoms with Gasteiger partial charge in [0.25, 0.3) is 0 Å². The summed E-state index contributed by atoms with van der Waals surface area (Å²) in [7, 11) is 1.62. The number of fused-ring (bicyclic) bond motifs is 1. The molecule has 37 heavy (non-hydrogen) atoms. The fourth-order valence-electron chi connectivity index (χ4n) is 4.42. The maximum Gasteiger partial charge on any atom is 0.232 e. The van der Waals surface area contributed by atoms with Crippen LogP contribution in [0.5, 0.6) is 5.75 Å². The van der Waals surface area contributed by atoms with E-state index in [4.69, 9.17) is 16.3 Å². The Kier molecular flexibility index (Phi) is 7.15. The molecule has 1 atom stereocenters. The van der Waals surface area contributed by atoms with Crippen LogP contribution in [-0.2, 0) is 11.2 Å². The van der Waals surface area contributed by atoms with E-state index in [1.165, 1.54) is 12.1 Å². The van der Waals surface area contributed by atoms with E-state index in [9.17, 15) is 9.18 Å². The van der Waals surface area contributed by atoms with Gasteiger partial charge in [-0.3, -0.25) is 9.78 Å². The topological polar surface area (TPSA) is 51.2 Å². The number of amides is 1. The number of anilines is 1. The summed E-state index contributed by atoms with van der Waals surface area (Å²) < 4.78 is 19.3. The van der Waals surface area contributed by atoms with E-state index in [1.807, 2.05) is 54.6 Å². The zero-order chi connectivity index (χ0) is 25.8. The van der Waals surface area contributed by atoms with E-state index in [0.29, 0.717) is 17.1 Å². The molecule has 4 aromatic carbocycles. The number of pyridine rings is 1. The number of carbonyl (C=O) groups is 1. The number of nitrogens with zero attached hydrogens (tertiary/aromatic N) is 1. The lowest BCUT2D eigenvalue weighted by atomic mass is 9.89. The van der Waals surface area contributed by atoms with Crippen LogP contribution < -0.4 is 10.1 Å². The molecule has 1 aromatic heterocycles. The number of ether oxygens (including phenoxy) is 1. The molecule has 1 heterocycles. The summed E-state index contributed by atoms with van der Waals surface area (Å²) >= 11 is 6.00. The van der Waals surface area contributed by atoms with Gasteiger partial charge in [-0.2, -0.15) is 0 Å². The van der Waals surface area contributed by atoms with Crippen LogP contribution in [-0.4, -0.2) is 18.0 Å². The number of nitrogens with one attached hydrogen (secondary N) is 1. The van der Waals surface area contributed by atoms with Crippen molar-refractivity contribution < 1.29 is 13.9 Å². The highest BCUT2D eigenvalue weighted by atomic mass is 35.5. The Morgan fingerprint density at radius 1 is 0.973 bits per heavy atom. The average molecular weight is 511 g/mol. The minimum Gasteiger partial charge on any atom is -0.497 e. The van der Waals surface area contributed by atoms with Gasteiger partial charge in [0, 0.05) is 22.3 Å². The normalized spacial score (nSPS) is 11.8. The van der Waals surface area contributed by atoms with Crippen LogP contribution in [0, 0.1) is 5.82 Å². The van der Waals surface area contributed by atoms with Gasteiger partial charge in [0.1, 0.15) is 11.6 Å². The van der Waals surface area contributed by atoms with Crippen LogP contribution in [0.1, 0.15) is 17.0 Å². The Balaban J connectivity index is 1.48. The molecule has 1 unspecified atom stereocenters. The van der Waals surface area contributed by atoms with Crippen molar-refractivity contribution in [2.45, 2.75) is 12.3 Å². The zero-order valence-electron chi connectivity index (χ0n) is 20.1. The van der Waals surface area contributed by atoms with Gasteiger partial charge in [-0.25, -0.2) is 4.39 Å². The van der Waals surface area contributed by atoms with Crippen molar-refractivity contribution in [1.29, 1.82) is 0 Å². The molecule has 1 N–H and O–H groups in total. The van der Waals surface area contributed by atoms with Crippen molar-refractivity contribution in [1.82, 2.24) is 4.98 Å². The van der Waals surface area contributed by atoms with Crippen molar-refractivity contribution in [3.8, 4) is 16.9 Å². The van der Waals surface area contributed by atoms with E-state index in [2.05, 4.69) is 10.3 Å². The van der Waals surface area contributed by atoms with Gasteiger partial charge in [-0.1, -0.05) is 48.0 Å². The van der Waals surface area contributed by atoms with Crippen LogP contribution in [0.2, 0.25) is 5.02 Å². The van der Waals surface area contributed by atoms with Crippen molar-refractivity contribution in [3.63, 3.8) is 0 Å². The minimum absolute atomic E-state index is 0.130. The molecule has 0 spiro atoms. The van der Waals surface area contributed by atoms with Crippen LogP contribution in [0.15, 0.2) is 103 Å². The Bertz CT molecular complexity index is 1550. The first-order valence-electron chi connectivity index (χ1n) is 11.8. The quantitative estimate of drug-likeness (QED) is 0.244. The van der Waals surface area contributed by atoms with E-state index in [1.54, 1.807) is 43.6 Å². The molecular formula is C31H24ClFN2O2. The van der Waals surface area contributed by atoms with Crippen molar-refractivity contribution in [3.05, 3.63) is 125 Å². The first kappa shape index (κ1) is 24.5. The van der Waals surface area contributed by atoms with Gasteiger partial charge < -0.3 is 10.1 Å². The second kappa shape index (κ2) is 10.8. The smallest absolute Gasteiger partial charge is 0.232 e. The average Bonchev–Trinajstić information content (AvgIpc) is 2.93. The number of benzene rings is 4. The molecule has 0 saturated carbocycles. The summed E-state index contributed by atoms with van der Waals surface area (Å²) in [5.74, 6) is -0.158. The number of methoxy groups -OCH3 is 1. The van der Waals surface area contributed by atoms with Gasteiger partial charge in [-0.15, -0.1) is 0 Å². The molecule has 4 nitrogen and oxygen atoms in total. The standard InChI is InChI=1S/C31H24ClFN2O2/c1-37-26-4-2-3-20(17-26)18-28(31(36)35-25-12-9-23(32)10-13-25)22-7-5-21(6-8-22)27-15-16-34-30-14-11-24(33)19-29(27)30/h2-17,19,28H,18H2,1H3,(H,35,36). The maximum atomic E-state index is 14.0. The highest BCUT2D eigenvalue weighted by Gasteiger charge is 2.22. The van der Waals surface area contributed by atoms with Gasteiger partial charge >= 0.3 is 0 Å². The molecular weight excluding hydrogens is 487 g/mol. The molecule has 0 bridgehead atoms. The van der Waals surface area contributed by atoms with Crippen LogP contribution in [0.25, 0.3) is 22.0 Å². The van der Waals surface area contributed by atoms with Crippen molar-refractivity contribution >= 4 is 34.1 Å². The van der Waals surface area contributed by atoms with E-state index < -0.39 is 5.92 Å². The molecule has 0 aliphatic rings. The summed E-state index contributed by atoms with van der Waals surface area (Å²) in [5, 5.41) is 4.36. The van der Waals surface area contributed by atoms with Gasteiger partial charge in [0.15, 0.2) is 0 Å². The second-order valence-electron chi connectivity index (χ2n) is 8.75. The number of hydrogen-bond acceptors (Lipinski definition) is 3. The van der Waals surface area contributed by atoms with Gasteiger partial charge in [0.05, 0.1) is 18.5 Å². The fourth-order valence-corrected chi connectivity index (χ4v) is 4.55. The third kappa shape index (κ3) is 5.63. The summed E-state index contributed by atoms with van der Waals surface area (Å²) in [6.07, 6.45) is 2.20. The third-order valence-electron chi connectivity index (χ3n) is 6.33. The molecule has 0 saturated heterocycles. The van der Waals surface area contributed by atoms with Crippen LogP contribution in [0.3, 0.4) is 0 Å². The lowest BCUT2D eigenvalue weighted by Gasteiger charge is -2.19. The molecule has 5 aromatic rings. The number of rotatable bonds is 7. The summed E-state index contributed by atoms with van der Waals surface area (Å²) in [6.45, 7) is 0. The Hall–Kier alpha value is -4.22. The molecule has 0 aliphatic carbocycles. The third-order valence-corrected chi connectivity index (χ3v) is 6.58. The second-order valence-corrected chi connectivity index (χ2v) is 9.18. The monoisotopic (exact) mass is 510 g/mol. The first-order valence-corrected chi connectivity index (χ1v) is 12.2. The molecule has 0 fully saturated rings. The fraction of sp³-hybridized carbons (Fsp3) is 0.0968. The Labute approximate surface area is 219 Å². The number of hydrogen-bond donors (Lipinski definition) is 1. The molecule has 6 heteroatoms. The summed E-state index contributed by atoms with van der Waals surface area (Å²) in [4.78, 5) is 17.8. The number of carbonyl (C=O) groups excluding carboxylic acids is 1. The molecule has 184 valence electrons.